The van der Waals surface area contributed by atoms with Gasteiger partial charge in [-0.1, -0.05) is 88.2 Å². The van der Waals surface area contributed by atoms with Crippen molar-refractivity contribution in [3.63, 3.8) is 0 Å². The lowest BCUT2D eigenvalue weighted by molar-refractivity contribution is -0.123. The molecule has 0 atom stereocenters. The van der Waals surface area contributed by atoms with E-state index in [1.54, 1.807) is 7.11 Å². The summed E-state index contributed by atoms with van der Waals surface area (Å²) in [6.07, 6.45) is 9.25. The van der Waals surface area contributed by atoms with Crippen LogP contribution in [0, 0.1) is 12.8 Å². The minimum absolute atomic E-state index is 0.0918. The molecule has 0 spiro atoms. The van der Waals surface area contributed by atoms with Crippen LogP contribution in [-0.2, 0) is 16.1 Å². The third-order valence-corrected chi connectivity index (χ3v) is 7.25. The van der Waals surface area contributed by atoms with Gasteiger partial charge in [-0.25, -0.2) is 0 Å². The average molecular weight is 525 g/mol. The standard InChI is InChI=1S/C33H38N2O2.C2H6/c1-24-21-30(19-20-32(24)34-3)28-17-15-27(16-18-28)23-35(33(36)29-10-6-5-7-11-29)31-12-8-9-26(22-31)14-13-25(2)37-4;1-2/h8-9,12-22,29,34H,2,5-7,10-11,23H2,1,3-4H3;1-2H3/b14-13+;. The molecular weight excluding hydrogens is 480 g/mol. The van der Waals surface area contributed by atoms with E-state index in [-0.39, 0.29) is 11.8 Å². The topological polar surface area (TPSA) is 41.6 Å². The third kappa shape index (κ3) is 8.10. The summed E-state index contributed by atoms with van der Waals surface area (Å²) >= 11 is 0. The van der Waals surface area contributed by atoms with Gasteiger partial charge in [-0.3, -0.25) is 4.79 Å². The van der Waals surface area contributed by atoms with Crippen LogP contribution in [0.15, 0.2) is 85.1 Å². The molecule has 0 radical (unpaired) electrons. The number of allylic oxidation sites excluding steroid dienone is 1. The number of carbonyl (C=O) groups is 1. The van der Waals surface area contributed by atoms with Crippen LogP contribution in [0.3, 0.4) is 0 Å². The maximum atomic E-state index is 13.8. The molecule has 0 heterocycles. The molecular formula is C35H44N2O2. The number of ether oxygens (including phenoxy) is 1. The molecule has 1 aliphatic carbocycles. The first kappa shape index (κ1) is 29.8. The number of hydrogen-bond acceptors (Lipinski definition) is 3. The summed E-state index contributed by atoms with van der Waals surface area (Å²) in [4.78, 5) is 15.8. The Balaban J connectivity index is 0.00000205. The quantitative estimate of drug-likeness (QED) is 0.224. The Morgan fingerprint density at radius 2 is 1.69 bits per heavy atom. The van der Waals surface area contributed by atoms with Gasteiger partial charge in [0.1, 0.15) is 5.76 Å². The highest BCUT2D eigenvalue weighted by atomic mass is 16.5. The Morgan fingerprint density at radius 3 is 2.33 bits per heavy atom. The summed E-state index contributed by atoms with van der Waals surface area (Å²) in [5, 5.41) is 3.23. The lowest BCUT2D eigenvalue weighted by atomic mass is 9.88. The van der Waals surface area contributed by atoms with Gasteiger partial charge in [-0.15, -0.1) is 0 Å². The number of carbonyl (C=O) groups excluding carboxylic acids is 1. The molecule has 0 bridgehead atoms. The lowest BCUT2D eigenvalue weighted by Gasteiger charge is -2.30. The van der Waals surface area contributed by atoms with Crippen molar-refractivity contribution in [2.75, 3.05) is 24.4 Å². The van der Waals surface area contributed by atoms with Crippen LogP contribution in [0.1, 0.15) is 62.6 Å². The zero-order chi connectivity index (χ0) is 28.2. The predicted molar refractivity (Wildman–Crippen MR) is 167 cm³/mol. The van der Waals surface area contributed by atoms with E-state index in [4.69, 9.17) is 4.74 Å². The number of anilines is 2. The fraction of sp³-hybridized carbons (Fsp3) is 0.343. The van der Waals surface area contributed by atoms with E-state index in [0.717, 1.165) is 48.2 Å². The summed E-state index contributed by atoms with van der Waals surface area (Å²) in [7, 11) is 3.55. The molecule has 4 rings (SSSR count). The second kappa shape index (κ2) is 15.0. The maximum absolute atomic E-state index is 13.8. The minimum Gasteiger partial charge on any atom is -0.497 e. The van der Waals surface area contributed by atoms with Gasteiger partial charge in [-0.2, -0.15) is 0 Å². The smallest absolute Gasteiger partial charge is 0.230 e. The molecule has 0 unspecified atom stereocenters. The van der Waals surface area contributed by atoms with E-state index in [2.05, 4.69) is 67.4 Å². The van der Waals surface area contributed by atoms with E-state index < -0.39 is 0 Å². The number of rotatable bonds is 9. The molecule has 4 nitrogen and oxygen atoms in total. The van der Waals surface area contributed by atoms with Gasteiger partial charge < -0.3 is 15.0 Å². The van der Waals surface area contributed by atoms with E-state index in [0.29, 0.717) is 12.3 Å². The zero-order valence-corrected chi connectivity index (χ0v) is 24.3. The van der Waals surface area contributed by atoms with Crippen molar-refractivity contribution in [3.05, 3.63) is 102 Å². The number of nitrogens with zero attached hydrogens (tertiary/aromatic N) is 1. The summed E-state index contributed by atoms with van der Waals surface area (Å²) in [6, 6.07) is 23.2. The first-order chi connectivity index (χ1) is 19.0. The summed E-state index contributed by atoms with van der Waals surface area (Å²) in [5.74, 6) is 0.912. The Labute approximate surface area is 235 Å². The van der Waals surface area contributed by atoms with Crippen LogP contribution >= 0.6 is 0 Å². The van der Waals surface area contributed by atoms with Crippen molar-refractivity contribution < 1.29 is 9.53 Å². The molecule has 0 aromatic heterocycles. The van der Waals surface area contributed by atoms with Crippen molar-refractivity contribution in [1.82, 2.24) is 0 Å². The number of aryl methyl sites for hydroxylation is 1. The monoisotopic (exact) mass is 524 g/mol. The molecule has 206 valence electrons. The second-order valence-electron chi connectivity index (χ2n) is 9.83. The number of hydrogen-bond donors (Lipinski definition) is 1. The predicted octanol–water partition coefficient (Wildman–Crippen LogP) is 9.02. The highest BCUT2D eigenvalue weighted by molar-refractivity contribution is 5.95. The number of benzene rings is 3. The molecule has 0 aliphatic heterocycles. The Bertz CT molecular complexity index is 1250. The van der Waals surface area contributed by atoms with E-state index in [9.17, 15) is 4.79 Å². The summed E-state index contributed by atoms with van der Waals surface area (Å²) < 4.78 is 5.16. The third-order valence-electron chi connectivity index (χ3n) is 7.25. The van der Waals surface area contributed by atoms with Gasteiger partial charge in [-0.05, 0) is 77.9 Å². The van der Waals surface area contributed by atoms with Crippen LogP contribution in [0.5, 0.6) is 0 Å². The second-order valence-corrected chi connectivity index (χ2v) is 9.83. The molecule has 1 saturated carbocycles. The van der Waals surface area contributed by atoms with Crippen molar-refractivity contribution in [3.8, 4) is 11.1 Å². The summed E-state index contributed by atoms with van der Waals surface area (Å²) in [6.45, 7) is 10.5. The highest BCUT2D eigenvalue weighted by Gasteiger charge is 2.27. The SMILES string of the molecule is C=C(/C=C/c1cccc(N(Cc2ccc(-c3ccc(NC)c(C)c3)cc2)C(=O)C2CCCCC2)c1)OC.CC. The molecule has 3 aromatic rings. The first-order valence-electron chi connectivity index (χ1n) is 14.2. The van der Waals surface area contributed by atoms with E-state index in [1.165, 1.54) is 23.1 Å². The normalized spacial score (nSPS) is 13.4. The minimum atomic E-state index is 0.0918. The average Bonchev–Trinajstić information content (AvgIpc) is 3.00. The van der Waals surface area contributed by atoms with Crippen LogP contribution in [0.25, 0.3) is 17.2 Å². The molecule has 1 amide bonds. The van der Waals surface area contributed by atoms with Crippen molar-refractivity contribution in [2.45, 2.75) is 59.4 Å². The molecule has 39 heavy (non-hydrogen) atoms. The fourth-order valence-corrected chi connectivity index (χ4v) is 5.03. The number of nitrogens with one attached hydrogen (secondary N) is 1. The van der Waals surface area contributed by atoms with Crippen molar-refractivity contribution >= 4 is 23.4 Å². The van der Waals surface area contributed by atoms with Crippen molar-refractivity contribution in [1.29, 1.82) is 0 Å². The highest BCUT2D eigenvalue weighted by Crippen LogP contribution is 2.30. The van der Waals surface area contributed by atoms with Gasteiger partial charge in [0.2, 0.25) is 5.91 Å². The largest absolute Gasteiger partial charge is 0.497 e. The van der Waals surface area contributed by atoms with Gasteiger partial charge in [0.05, 0.1) is 13.7 Å². The van der Waals surface area contributed by atoms with Crippen LogP contribution in [0.2, 0.25) is 0 Å². The first-order valence-corrected chi connectivity index (χ1v) is 14.2. The molecule has 1 fully saturated rings. The molecule has 0 saturated heterocycles. The van der Waals surface area contributed by atoms with Gasteiger partial charge in [0.25, 0.3) is 0 Å². The summed E-state index contributed by atoms with van der Waals surface area (Å²) in [5.41, 5.74) is 7.76. The zero-order valence-electron chi connectivity index (χ0n) is 24.3. The fourth-order valence-electron chi connectivity index (χ4n) is 5.03. The van der Waals surface area contributed by atoms with Crippen LogP contribution < -0.4 is 10.2 Å². The van der Waals surface area contributed by atoms with Gasteiger partial charge in [0.15, 0.2) is 0 Å². The van der Waals surface area contributed by atoms with E-state index >= 15 is 0 Å². The number of amides is 1. The van der Waals surface area contributed by atoms with Crippen LogP contribution in [0.4, 0.5) is 11.4 Å². The molecule has 4 heteroatoms. The molecule has 1 aliphatic rings. The Kier molecular flexibility index (Phi) is 11.4. The number of methoxy groups -OCH3 is 1. The Morgan fingerprint density at radius 1 is 1.00 bits per heavy atom. The van der Waals surface area contributed by atoms with Gasteiger partial charge in [0, 0.05) is 24.3 Å². The van der Waals surface area contributed by atoms with E-state index in [1.807, 2.05) is 56.1 Å². The maximum Gasteiger partial charge on any atom is 0.230 e. The van der Waals surface area contributed by atoms with Crippen LogP contribution in [-0.4, -0.2) is 20.1 Å². The lowest BCUT2D eigenvalue weighted by Crippen LogP contribution is -2.36. The van der Waals surface area contributed by atoms with Crippen molar-refractivity contribution in [2.24, 2.45) is 5.92 Å². The molecule has 3 aromatic carbocycles. The van der Waals surface area contributed by atoms with Gasteiger partial charge >= 0.3 is 0 Å². The molecule has 1 N–H and O–H groups in total. The Hall–Kier alpha value is -3.79.